The lowest BCUT2D eigenvalue weighted by molar-refractivity contribution is -0.387. The highest BCUT2D eigenvalue weighted by Gasteiger charge is 2.19. The number of amides is 1. The molecule has 0 unspecified atom stereocenters. The zero-order valence-electron chi connectivity index (χ0n) is 15.4. The van der Waals surface area contributed by atoms with Crippen molar-refractivity contribution in [2.75, 3.05) is 5.32 Å². The number of nitrogens with zero attached hydrogens (tertiary/aromatic N) is 2. The van der Waals surface area contributed by atoms with Gasteiger partial charge < -0.3 is 9.73 Å². The number of nitro benzene ring substituents is 1. The van der Waals surface area contributed by atoms with Crippen molar-refractivity contribution in [3.8, 4) is 0 Å². The molecule has 2 aromatic carbocycles. The number of nitrogens with one attached hydrogen (secondary N) is 1. The SMILES string of the molecule is Cc1csc(Sc2ccc(C(=O)Nc3ccc4oc(=O)ccc4c3)cc2[N+](=O)[O-])n1. The molecule has 8 nitrogen and oxygen atoms in total. The van der Waals surface area contributed by atoms with Gasteiger partial charge in [0, 0.05) is 39.8 Å². The van der Waals surface area contributed by atoms with Gasteiger partial charge in [-0.2, -0.15) is 0 Å². The summed E-state index contributed by atoms with van der Waals surface area (Å²) < 4.78 is 5.75. The van der Waals surface area contributed by atoms with Gasteiger partial charge in [0.05, 0.1) is 9.82 Å². The molecule has 0 aliphatic carbocycles. The van der Waals surface area contributed by atoms with E-state index in [2.05, 4.69) is 10.3 Å². The molecular formula is C20H13N3O5S2. The largest absolute Gasteiger partial charge is 0.423 e. The monoisotopic (exact) mass is 439 g/mol. The first-order chi connectivity index (χ1) is 14.4. The van der Waals surface area contributed by atoms with Gasteiger partial charge in [-0.15, -0.1) is 11.3 Å². The van der Waals surface area contributed by atoms with Gasteiger partial charge in [-0.05, 0) is 43.3 Å². The van der Waals surface area contributed by atoms with Gasteiger partial charge in [-0.25, -0.2) is 9.78 Å². The molecule has 150 valence electrons. The number of anilines is 1. The summed E-state index contributed by atoms with van der Waals surface area (Å²) in [6.45, 7) is 1.85. The Labute approximate surface area is 177 Å². The van der Waals surface area contributed by atoms with E-state index in [1.807, 2.05) is 12.3 Å². The van der Waals surface area contributed by atoms with E-state index in [1.165, 1.54) is 41.3 Å². The number of hydrogen-bond donors (Lipinski definition) is 1. The first kappa shape index (κ1) is 19.8. The molecule has 2 aromatic heterocycles. The van der Waals surface area contributed by atoms with Crippen LogP contribution in [0.3, 0.4) is 0 Å². The number of carbonyl (C=O) groups excluding carboxylic acids is 1. The van der Waals surface area contributed by atoms with Crippen molar-refractivity contribution in [1.82, 2.24) is 4.98 Å². The van der Waals surface area contributed by atoms with Gasteiger partial charge in [-0.1, -0.05) is 11.8 Å². The number of rotatable bonds is 5. The number of aromatic nitrogens is 1. The molecule has 0 saturated carbocycles. The van der Waals surface area contributed by atoms with Crippen LogP contribution in [0.5, 0.6) is 0 Å². The van der Waals surface area contributed by atoms with Crippen molar-refractivity contribution in [2.45, 2.75) is 16.2 Å². The fourth-order valence-corrected chi connectivity index (χ4v) is 4.59. The van der Waals surface area contributed by atoms with Crippen molar-refractivity contribution in [1.29, 1.82) is 0 Å². The minimum Gasteiger partial charge on any atom is -0.423 e. The molecule has 4 aromatic rings. The fraction of sp³-hybridized carbons (Fsp3) is 0.0500. The highest BCUT2D eigenvalue weighted by atomic mass is 32.2. The van der Waals surface area contributed by atoms with Crippen LogP contribution in [-0.2, 0) is 0 Å². The normalized spacial score (nSPS) is 10.8. The Hall–Kier alpha value is -3.50. The summed E-state index contributed by atoms with van der Waals surface area (Å²) in [6, 6.07) is 12.0. The van der Waals surface area contributed by atoms with E-state index in [-0.39, 0.29) is 11.3 Å². The minimum absolute atomic E-state index is 0.154. The number of benzene rings is 2. The van der Waals surface area contributed by atoms with Crippen molar-refractivity contribution in [3.63, 3.8) is 0 Å². The van der Waals surface area contributed by atoms with Crippen LogP contribution in [0, 0.1) is 17.0 Å². The molecule has 1 N–H and O–H groups in total. The third-order valence-corrected chi connectivity index (χ3v) is 6.21. The van der Waals surface area contributed by atoms with E-state index in [4.69, 9.17) is 4.42 Å². The zero-order valence-corrected chi connectivity index (χ0v) is 17.1. The predicted octanol–water partition coefficient (Wildman–Crippen LogP) is 4.87. The maximum Gasteiger partial charge on any atom is 0.336 e. The van der Waals surface area contributed by atoms with Gasteiger partial charge in [-0.3, -0.25) is 14.9 Å². The standard InChI is InChI=1S/C20H13N3O5S2/c1-11-10-29-20(21-11)30-17-6-2-13(9-15(17)23(26)27)19(25)22-14-4-5-16-12(8-14)3-7-18(24)28-16/h2-10H,1H3,(H,22,25). The molecule has 0 radical (unpaired) electrons. The van der Waals surface area contributed by atoms with E-state index in [0.717, 1.165) is 5.69 Å². The molecule has 1 amide bonds. The lowest BCUT2D eigenvalue weighted by Crippen LogP contribution is -2.12. The summed E-state index contributed by atoms with van der Waals surface area (Å²) in [5, 5.41) is 16.7. The Bertz CT molecular complexity index is 1350. The first-order valence-corrected chi connectivity index (χ1v) is 10.3. The van der Waals surface area contributed by atoms with Gasteiger partial charge in [0.2, 0.25) is 0 Å². The number of aryl methyl sites for hydroxylation is 1. The topological polar surface area (TPSA) is 115 Å². The molecule has 10 heteroatoms. The Morgan fingerprint density at radius 1 is 1.20 bits per heavy atom. The van der Waals surface area contributed by atoms with Crippen LogP contribution >= 0.6 is 23.1 Å². The molecule has 0 aliphatic heterocycles. The first-order valence-electron chi connectivity index (χ1n) is 8.63. The summed E-state index contributed by atoms with van der Waals surface area (Å²) in [4.78, 5) is 39.6. The van der Waals surface area contributed by atoms with E-state index in [9.17, 15) is 19.7 Å². The lowest BCUT2D eigenvalue weighted by Gasteiger charge is -2.07. The molecule has 0 atom stereocenters. The van der Waals surface area contributed by atoms with Crippen LogP contribution in [0.2, 0.25) is 0 Å². The minimum atomic E-state index is -0.516. The van der Waals surface area contributed by atoms with E-state index >= 15 is 0 Å². The number of nitro groups is 1. The van der Waals surface area contributed by atoms with Crippen LogP contribution < -0.4 is 10.9 Å². The Balaban J connectivity index is 1.59. The number of hydrogen-bond acceptors (Lipinski definition) is 8. The summed E-state index contributed by atoms with van der Waals surface area (Å²) >= 11 is 2.59. The number of carbonyl (C=O) groups is 1. The zero-order chi connectivity index (χ0) is 21.3. The maximum absolute atomic E-state index is 12.6. The molecule has 0 fully saturated rings. The third kappa shape index (κ3) is 4.24. The molecule has 0 spiro atoms. The van der Waals surface area contributed by atoms with Crippen molar-refractivity contribution < 1.29 is 14.1 Å². The van der Waals surface area contributed by atoms with Crippen LogP contribution in [-0.4, -0.2) is 15.8 Å². The third-order valence-electron chi connectivity index (χ3n) is 4.09. The van der Waals surface area contributed by atoms with Crippen molar-refractivity contribution >= 4 is 51.3 Å². The molecule has 4 rings (SSSR count). The van der Waals surface area contributed by atoms with Gasteiger partial charge in [0.25, 0.3) is 11.6 Å². The van der Waals surface area contributed by atoms with E-state index < -0.39 is 16.5 Å². The van der Waals surface area contributed by atoms with Crippen molar-refractivity contribution in [3.05, 3.63) is 85.7 Å². The van der Waals surface area contributed by atoms with Crippen LogP contribution in [0.15, 0.2) is 72.4 Å². The smallest absolute Gasteiger partial charge is 0.336 e. The summed E-state index contributed by atoms with van der Waals surface area (Å²) in [5.41, 5.74) is 1.24. The second-order valence-electron chi connectivity index (χ2n) is 6.26. The van der Waals surface area contributed by atoms with Crippen LogP contribution in [0.25, 0.3) is 11.0 Å². The molecule has 0 bridgehead atoms. The average molecular weight is 439 g/mol. The highest BCUT2D eigenvalue weighted by molar-refractivity contribution is 8.01. The van der Waals surface area contributed by atoms with E-state index in [0.29, 0.717) is 25.9 Å². The van der Waals surface area contributed by atoms with Crippen LogP contribution in [0.1, 0.15) is 16.1 Å². The quantitative estimate of drug-likeness (QED) is 0.268. The van der Waals surface area contributed by atoms with Gasteiger partial charge in [0.15, 0.2) is 4.34 Å². The summed E-state index contributed by atoms with van der Waals surface area (Å²) in [7, 11) is 0. The Morgan fingerprint density at radius 2 is 2.03 bits per heavy atom. The van der Waals surface area contributed by atoms with Crippen LogP contribution in [0.4, 0.5) is 11.4 Å². The number of thiazole rings is 1. The lowest BCUT2D eigenvalue weighted by atomic mass is 10.1. The van der Waals surface area contributed by atoms with Crippen molar-refractivity contribution in [2.24, 2.45) is 0 Å². The van der Waals surface area contributed by atoms with E-state index in [1.54, 1.807) is 30.3 Å². The van der Waals surface area contributed by atoms with Gasteiger partial charge >= 0.3 is 5.63 Å². The highest BCUT2D eigenvalue weighted by Crippen LogP contribution is 2.37. The molecule has 0 saturated heterocycles. The fourth-order valence-electron chi connectivity index (χ4n) is 2.71. The Morgan fingerprint density at radius 3 is 2.77 bits per heavy atom. The Kier molecular flexibility index (Phi) is 5.34. The van der Waals surface area contributed by atoms with Gasteiger partial charge in [0.1, 0.15) is 5.58 Å². The summed E-state index contributed by atoms with van der Waals surface area (Å²) in [5.74, 6) is -0.489. The number of fused-ring (bicyclic) bond motifs is 1. The average Bonchev–Trinajstić information content (AvgIpc) is 3.12. The molecule has 2 heterocycles. The molecular weight excluding hydrogens is 426 g/mol. The second kappa shape index (κ2) is 8.09. The molecule has 30 heavy (non-hydrogen) atoms. The maximum atomic E-state index is 12.6. The molecule has 0 aliphatic rings. The second-order valence-corrected chi connectivity index (χ2v) is 8.40. The summed E-state index contributed by atoms with van der Waals surface area (Å²) in [6.07, 6.45) is 0. The predicted molar refractivity (Wildman–Crippen MR) is 115 cm³/mol.